The first-order valence-corrected chi connectivity index (χ1v) is 8.81. The highest BCUT2D eigenvalue weighted by Crippen LogP contribution is 2.07. The van der Waals surface area contributed by atoms with Gasteiger partial charge in [-0.05, 0) is 6.42 Å². The Morgan fingerprint density at radius 3 is 2.15 bits per heavy atom. The zero-order valence-electron chi connectivity index (χ0n) is 12.5. The number of nitrogens with one attached hydrogen (secondary N) is 1. The summed E-state index contributed by atoms with van der Waals surface area (Å²) < 4.78 is 11.8. The number of hydrogen-bond donors (Lipinski definition) is 2. The molecule has 0 bridgehead atoms. The average Bonchev–Trinajstić information content (AvgIpc) is 2.36. The van der Waals surface area contributed by atoms with Crippen LogP contribution in [0, 0.1) is 0 Å². The van der Waals surface area contributed by atoms with Crippen LogP contribution in [0.4, 0.5) is 0 Å². The summed E-state index contributed by atoms with van der Waals surface area (Å²) in [6, 6.07) is -1.04. The summed E-state index contributed by atoms with van der Waals surface area (Å²) in [5.74, 6) is -1.04. The van der Waals surface area contributed by atoms with Crippen molar-refractivity contribution in [3.8, 4) is 0 Å². The third-order valence-corrected chi connectivity index (χ3v) is 4.45. The van der Waals surface area contributed by atoms with Crippen molar-refractivity contribution in [2.75, 3.05) is 11.5 Å². The maximum atomic E-state index is 11.8. The first kappa shape index (κ1) is 19.1. The number of carbonyl (C=O) groups excluding carboxylic acids is 1. The minimum Gasteiger partial charge on any atom is -0.480 e. The number of aliphatic carboxylic acids is 1. The number of carboxylic acid groups (broad SMARTS) is 1. The molecule has 5 nitrogen and oxygen atoms in total. The van der Waals surface area contributed by atoms with E-state index in [-0.39, 0.29) is 5.75 Å². The number of carboxylic acids is 1. The van der Waals surface area contributed by atoms with Gasteiger partial charge in [0.1, 0.15) is 6.04 Å². The van der Waals surface area contributed by atoms with E-state index >= 15 is 0 Å². The molecule has 2 N–H and O–H groups in total. The zero-order chi connectivity index (χ0) is 15.4. The summed E-state index contributed by atoms with van der Waals surface area (Å²) in [6.45, 7) is 3.44. The van der Waals surface area contributed by atoms with E-state index in [2.05, 4.69) is 12.2 Å². The van der Waals surface area contributed by atoms with E-state index < -0.39 is 28.7 Å². The lowest BCUT2D eigenvalue weighted by atomic mass is 10.1. The van der Waals surface area contributed by atoms with E-state index in [0.29, 0.717) is 5.75 Å². The monoisotopic (exact) mass is 305 g/mol. The normalized spacial score (nSPS) is 13.7. The van der Waals surface area contributed by atoms with Crippen LogP contribution in [0.5, 0.6) is 0 Å². The molecular weight excluding hydrogens is 278 g/mol. The second kappa shape index (κ2) is 11.9. The molecule has 0 rings (SSSR count). The Morgan fingerprint density at radius 1 is 1.10 bits per heavy atom. The Balaban J connectivity index is 3.75. The summed E-state index contributed by atoms with van der Waals surface area (Å²) in [4.78, 5) is 21.8. The maximum absolute atomic E-state index is 11.8. The summed E-state index contributed by atoms with van der Waals surface area (Å²) in [5, 5.41) is 11.2. The molecule has 1 unspecified atom stereocenters. The van der Waals surface area contributed by atoms with Gasteiger partial charge in [-0.15, -0.1) is 0 Å². The Hall–Kier alpha value is -0.910. The lowest BCUT2D eigenvalue weighted by Crippen LogP contribution is -2.43. The minimum absolute atomic E-state index is 0.00918. The number of hydrogen-bond acceptors (Lipinski definition) is 3. The topological polar surface area (TPSA) is 83.5 Å². The zero-order valence-corrected chi connectivity index (χ0v) is 13.3. The first-order chi connectivity index (χ1) is 9.47. The smallest absolute Gasteiger partial charge is 0.327 e. The van der Waals surface area contributed by atoms with E-state index in [4.69, 9.17) is 5.11 Å². The van der Waals surface area contributed by atoms with E-state index in [0.717, 1.165) is 19.3 Å². The van der Waals surface area contributed by atoms with Crippen molar-refractivity contribution in [1.29, 1.82) is 0 Å². The van der Waals surface area contributed by atoms with Crippen molar-refractivity contribution in [2.45, 2.75) is 64.8 Å². The van der Waals surface area contributed by atoms with Crippen LogP contribution in [0.25, 0.3) is 0 Å². The van der Waals surface area contributed by atoms with E-state index in [1.807, 2.05) is 0 Å². The predicted molar refractivity (Wildman–Crippen MR) is 81.1 cm³/mol. The maximum Gasteiger partial charge on any atom is 0.327 e. The predicted octanol–water partition coefficient (Wildman–Crippen LogP) is 2.07. The molecule has 0 saturated heterocycles. The fourth-order valence-electron chi connectivity index (χ4n) is 1.91. The summed E-state index contributed by atoms with van der Waals surface area (Å²) in [7, 11) is -1.19. The van der Waals surface area contributed by atoms with Crippen molar-refractivity contribution >= 4 is 22.7 Å². The Bertz CT molecular complexity index is 320. The van der Waals surface area contributed by atoms with Crippen LogP contribution >= 0.6 is 0 Å². The highest BCUT2D eigenvalue weighted by Gasteiger charge is 2.20. The number of rotatable bonds is 12. The molecule has 0 aliphatic heterocycles. The first-order valence-electron chi connectivity index (χ1n) is 7.32. The Kier molecular flexibility index (Phi) is 11.3. The third-order valence-electron chi connectivity index (χ3n) is 3.00. The lowest BCUT2D eigenvalue weighted by Gasteiger charge is -2.12. The highest BCUT2D eigenvalue weighted by atomic mass is 32.2. The van der Waals surface area contributed by atoms with Gasteiger partial charge >= 0.3 is 5.97 Å². The minimum atomic E-state index is -1.19. The van der Waals surface area contributed by atoms with Crippen LogP contribution in [0.1, 0.15) is 58.8 Å². The van der Waals surface area contributed by atoms with Crippen LogP contribution in [-0.2, 0) is 20.4 Å². The van der Waals surface area contributed by atoms with Crippen molar-refractivity contribution < 1.29 is 18.9 Å². The van der Waals surface area contributed by atoms with E-state index in [9.17, 15) is 13.8 Å². The Labute approximate surface area is 124 Å². The molecule has 0 spiro atoms. The molecule has 0 aromatic carbocycles. The van der Waals surface area contributed by atoms with Crippen molar-refractivity contribution in [2.24, 2.45) is 0 Å². The molecule has 0 aliphatic rings. The van der Waals surface area contributed by atoms with Gasteiger partial charge in [0.25, 0.3) is 0 Å². The van der Waals surface area contributed by atoms with Gasteiger partial charge in [0.05, 0.1) is 5.75 Å². The fraction of sp³-hybridized carbons (Fsp3) is 0.857. The molecule has 0 saturated carbocycles. The highest BCUT2D eigenvalue weighted by molar-refractivity contribution is 7.85. The molecular formula is C14H27NO4S. The van der Waals surface area contributed by atoms with Crippen LogP contribution < -0.4 is 5.32 Å². The van der Waals surface area contributed by atoms with E-state index in [1.54, 1.807) is 0 Å². The van der Waals surface area contributed by atoms with Crippen LogP contribution in [0.2, 0.25) is 0 Å². The molecule has 1 amide bonds. The van der Waals surface area contributed by atoms with Crippen LogP contribution in [-0.4, -0.2) is 38.7 Å². The second-order valence-corrected chi connectivity index (χ2v) is 6.64. The number of carbonyl (C=O) groups is 2. The van der Waals surface area contributed by atoms with E-state index in [1.165, 1.54) is 32.6 Å². The molecule has 6 heteroatoms. The second-order valence-electron chi connectivity index (χ2n) is 5.02. The number of amides is 1. The van der Waals surface area contributed by atoms with Crippen LogP contribution in [0.3, 0.4) is 0 Å². The molecule has 0 aliphatic carbocycles. The molecule has 0 aromatic rings. The SMILES string of the molecule is CCCCCCCCCS(=O)C[C@H](NC(C)=O)C(=O)O. The summed E-state index contributed by atoms with van der Waals surface area (Å²) in [6.07, 6.45) is 7.99. The summed E-state index contributed by atoms with van der Waals surface area (Å²) in [5.41, 5.74) is 0. The van der Waals surface area contributed by atoms with Gasteiger partial charge in [-0.25, -0.2) is 4.79 Å². The Morgan fingerprint density at radius 2 is 1.65 bits per heavy atom. The quantitative estimate of drug-likeness (QED) is 0.541. The average molecular weight is 305 g/mol. The molecule has 2 atom stereocenters. The molecule has 0 radical (unpaired) electrons. The van der Waals surface area contributed by atoms with Gasteiger partial charge in [0, 0.05) is 23.5 Å². The summed E-state index contributed by atoms with van der Waals surface area (Å²) >= 11 is 0. The van der Waals surface area contributed by atoms with Crippen molar-refractivity contribution in [3.05, 3.63) is 0 Å². The fourth-order valence-corrected chi connectivity index (χ4v) is 3.20. The van der Waals surface area contributed by atoms with Gasteiger partial charge in [-0.1, -0.05) is 45.4 Å². The molecule has 0 fully saturated rings. The standard InChI is InChI=1S/C14H27NO4S/c1-3-4-5-6-7-8-9-10-20(19)11-13(14(17)18)15-12(2)16/h13H,3-11H2,1-2H3,(H,15,16)(H,17,18)/t13-,20?/m0/s1. The van der Waals surface area contributed by atoms with Gasteiger partial charge in [0.2, 0.25) is 5.91 Å². The van der Waals surface area contributed by atoms with Crippen molar-refractivity contribution in [3.63, 3.8) is 0 Å². The van der Waals surface area contributed by atoms with Crippen molar-refractivity contribution in [1.82, 2.24) is 5.32 Å². The largest absolute Gasteiger partial charge is 0.480 e. The van der Waals surface area contributed by atoms with Gasteiger partial charge in [-0.3, -0.25) is 9.00 Å². The molecule has 20 heavy (non-hydrogen) atoms. The molecule has 118 valence electrons. The van der Waals surface area contributed by atoms with Crippen LogP contribution in [0.15, 0.2) is 0 Å². The van der Waals surface area contributed by atoms with Gasteiger partial charge in [-0.2, -0.15) is 0 Å². The molecule has 0 heterocycles. The lowest BCUT2D eigenvalue weighted by molar-refractivity contribution is -0.140. The van der Waals surface area contributed by atoms with Gasteiger partial charge in [0.15, 0.2) is 0 Å². The molecule has 0 aromatic heterocycles. The van der Waals surface area contributed by atoms with Gasteiger partial charge < -0.3 is 10.4 Å². The number of unbranched alkanes of at least 4 members (excludes halogenated alkanes) is 6. The third kappa shape index (κ3) is 11.0.